The normalized spacial score (nSPS) is 29.1. The van der Waals surface area contributed by atoms with Gasteiger partial charge in [0.2, 0.25) is 0 Å². The first-order valence-corrected chi connectivity index (χ1v) is 7.17. The maximum atomic E-state index is 11.5. The SMILES string of the molecule is CCOC(=O)CCC1(O)CCCCC1C(C)(C)C. The Morgan fingerprint density at radius 3 is 2.61 bits per heavy atom. The van der Waals surface area contributed by atoms with Crippen molar-refractivity contribution < 1.29 is 14.6 Å². The monoisotopic (exact) mass is 256 g/mol. The van der Waals surface area contributed by atoms with E-state index in [0.717, 1.165) is 19.3 Å². The Hall–Kier alpha value is -0.570. The molecule has 1 fully saturated rings. The summed E-state index contributed by atoms with van der Waals surface area (Å²) < 4.78 is 4.95. The van der Waals surface area contributed by atoms with Crippen molar-refractivity contribution in [3.05, 3.63) is 0 Å². The number of hydrogen-bond acceptors (Lipinski definition) is 3. The van der Waals surface area contributed by atoms with Crippen LogP contribution in [0.4, 0.5) is 0 Å². The molecule has 0 radical (unpaired) electrons. The maximum Gasteiger partial charge on any atom is 0.305 e. The first-order valence-electron chi connectivity index (χ1n) is 7.17. The zero-order valence-electron chi connectivity index (χ0n) is 12.3. The molecule has 18 heavy (non-hydrogen) atoms. The van der Waals surface area contributed by atoms with Crippen LogP contribution in [-0.4, -0.2) is 23.3 Å². The van der Waals surface area contributed by atoms with Gasteiger partial charge in [-0.2, -0.15) is 0 Å². The highest BCUT2D eigenvalue weighted by Crippen LogP contribution is 2.46. The van der Waals surface area contributed by atoms with Gasteiger partial charge in [-0.3, -0.25) is 4.79 Å². The van der Waals surface area contributed by atoms with Crippen LogP contribution in [0.3, 0.4) is 0 Å². The van der Waals surface area contributed by atoms with Crippen LogP contribution >= 0.6 is 0 Å². The van der Waals surface area contributed by atoms with Crippen LogP contribution in [0.1, 0.15) is 66.2 Å². The summed E-state index contributed by atoms with van der Waals surface area (Å²) in [4.78, 5) is 11.5. The number of hydrogen-bond donors (Lipinski definition) is 1. The molecule has 0 aliphatic heterocycles. The molecule has 3 nitrogen and oxygen atoms in total. The van der Waals surface area contributed by atoms with Gasteiger partial charge >= 0.3 is 5.97 Å². The molecule has 1 N–H and O–H groups in total. The smallest absolute Gasteiger partial charge is 0.305 e. The Kier molecular flexibility index (Phi) is 5.20. The minimum absolute atomic E-state index is 0.0871. The van der Waals surface area contributed by atoms with Crippen molar-refractivity contribution >= 4 is 5.97 Å². The molecule has 0 spiro atoms. The van der Waals surface area contributed by atoms with Crippen molar-refractivity contribution in [2.75, 3.05) is 6.61 Å². The first kappa shape index (κ1) is 15.5. The Balaban J connectivity index is 2.65. The largest absolute Gasteiger partial charge is 0.466 e. The van der Waals surface area contributed by atoms with Crippen LogP contribution in [0.25, 0.3) is 0 Å². The molecule has 2 unspecified atom stereocenters. The fourth-order valence-corrected chi connectivity index (χ4v) is 3.31. The van der Waals surface area contributed by atoms with E-state index in [2.05, 4.69) is 20.8 Å². The van der Waals surface area contributed by atoms with Crippen molar-refractivity contribution in [2.45, 2.75) is 71.8 Å². The maximum absolute atomic E-state index is 11.5. The van der Waals surface area contributed by atoms with Gasteiger partial charge in [-0.15, -0.1) is 0 Å². The predicted molar refractivity (Wildman–Crippen MR) is 72.2 cm³/mol. The quantitative estimate of drug-likeness (QED) is 0.785. The van der Waals surface area contributed by atoms with Crippen molar-refractivity contribution in [3.63, 3.8) is 0 Å². The lowest BCUT2D eigenvalue weighted by Crippen LogP contribution is -2.47. The molecule has 0 aromatic rings. The zero-order valence-corrected chi connectivity index (χ0v) is 12.3. The molecule has 0 saturated heterocycles. The molecule has 1 saturated carbocycles. The van der Waals surface area contributed by atoms with Gasteiger partial charge in [0, 0.05) is 6.42 Å². The number of rotatable bonds is 4. The van der Waals surface area contributed by atoms with Crippen molar-refractivity contribution in [2.24, 2.45) is 11.3 Å². The number of carbonyl (C=O) groups excluding carboxylic acids is 1. The van der Waals surface area contributed by atoms with E-state index in [1.807, 2.05) is 6.92 Å². The Morgan fingerprint density at radius 1 is 1.39 bits per heavy atom. The average molecular weight is 256 g/mol. The molecule has 2 atom stereocenters. The molecule has 0 aromatic heterocycles. The van der Waals surface area contributed by atoms with E-state index in [-0.39, 0.29) is 17.3 Å². The van der Waals surface area contributed by atoms with E-state index in [1.54, 1.807) is 0 Å². The molecule has 0 heterocycles. The number of ether oxygens (including phenoxy) is 1. The van der Waals surface area contributed by atoms with Gasteiger partial charge in [0.05, 0.1) is 12.2 Å². The van der Waals surface area contributed by atoms with Crippen molar-refractivity contribution in [3.8, 4) is 0 Å². The molecule has 0 aromatic carbocycles. The van der Waals surface area contributed by atoms with Gasteiger partial charge < -0.3 is 9.84 Å². The van der Waals surface area contributed by atoms with Crippen LogP contribution in [0, 0.1) is 11.3 Å². The molecule has 1 rings (SSSR count). The molecule has 1 aliphatic carbocycles. The third-order valence-corrected chi connectivity index (χ3v) is 4.11. The van der Waals surface area contributed by atoms with Crippen LogP contribution < -0.4 is 0 Å². The fourth-order valence-electron chi connectivity index (χ4n) is 3.31. The molecular formula is C15H28O3. The molecule has 106 valence electrons. The van der Waals surface area contributed by atoms with Crippen LogP contribution in [0.5, 0.6) is 0 Å². The second kappa shape index (κ2) is 6.05. The minimum Gasteiger partial charge on any atom is -0.466 e. The Morgan fingerprint density at radius 2 is 2.06 bits per heavy atom. The third-order valence-electron chi connectivity index (χ3n) is 4.11. The summed E-state index contributed by atoms with van der Waals surface area (Å²) in [6.45, 7) is 8.76. The van der Waals surface area contributed by atoms with Gasteiger partial charge in [-0.1, -0.05) is 33.6 Å². The topological polar surface area (TPSA) is 46.5 Å². The van der Waals surface area contributed by atoms with E-state index in [4.69, 9.17) is 4.74 Å². The Bertz CT molecular complexity index is 280. The van der Waals surface area contributed by atoms with E-state index in [1.165, 1.54) is 6.42 Å². The molecule has 3 heteroatoms. The van der Waals surface area contributed by atoms with Crippen molar-refractivity contribution in [1.29, 1.82) is 0 Å². The summed E-state index contributed by atoms with van der Waals surface area (Å²) in [6.07, 6.45) is 4.98. The highest BCUT2D eigenvalue weighted by atomic mass is 16.5. The number of esters is 1. The lowest BCUT2D eigenvalue weighted by Gasteiger charge is -2.47. The molecule has 0 amide bonds. The summed E-state index contributed by atoms with van der Waals surface area (Å²) in [5.41, 5.74) is -0.604. The summed E-state index contributed by atoms with van der Waals surface area (Å²) in [6, 6.07) is 0. The second-order valence-electron chi connectivity index (χ2n) is 6.57. The van der Waals surface area contributed by atoms with E-state index < -0.39 is 5.60 Å². The summed E-state index contributed by atoms with van der Waals surface area (Å²) in [5.74, 6) is 0.0809. The van der Waals surface area contributed by atoms with Crippen molar-refractivity contribution in [1.82, 2.24) is 0 Å². The fraction of sp³-hybridized carbons (Fsp3) is 0.933. The highest BCUT2D eigenvalue weighted by molar-refractivity contribution is 5.69. The van der Waals surface area contributed by atoms with Crippen LogP contribution in [-0.2, 0) is 9.53 Å². The van der Waals surface area contributed by atoms with Crippen LogP contribution in [0.2, 0.25) is 0 Å². The van der Waals surface area contributed by atoms with E-state index in [0.29, 0.717) is 19.4 Å². The van der Waals surface area contributed by atoms with Crippen LogP contribution in [0.15, 0.2) is 0 Å². The van der Waals surface area contributed by atoms with E-state index >= 15 is 0 Å². The van der Waals surface area contributed by atoms with Gasteiger partial charge in [0.1, 0.15) is 0 Å². The van der Waals surface area contributed by atoms with Gasteiger partial charge in [0.25, 0.3) is 0 Å². The Labute approximate surface area is 111 Å². The molecule has 0 bridgehead atoms. The van der Waals surface area contributed by atoms with Gasteiger partial charge in [-0.25, -0.2) is 0 Å². The third kappa shape index (κ3) is 3.98. The predicted octanol–water partition coefficient (Wildman–Crippen LogP) is 3.30. The standard InChI is InChI=1S/C15H28O3/c1-5-18-13(16)9-11-15(17)10-7-6-8-12(15)14(2,3)4/h12,17H,5-11H2,1-4H3. The second-order valence-corrected chi connectivity index (χ2v) is 6.57. The summed E-state index contributed by atoms with van der Waals surface area (Å²) >= 11 is 0. The highest BCUT2D eigenvalue weighted by Gasteiger charge is 2.44. The average Bonchev–Trinajstić information content (AvgIpc) is 2.26. The minimum atomic E-state index is -0.691. The number of aliphatic hydroxyl groups is 1. The molecular weight excluding hydrogens is 228 g/mol. The summed E-state index contributed by atoms with van der Waals surface area (Å²) in [7, 11) is 0. The first-order chi connectivity index (χ1) is 8.29. The van der Waals surface area contributed by atoms with Gasteiger partial charge in [-0.05, 0) is 37.5 Å². The zero-order chi connectivity index (χ0) is 13.8. The van der Waals surface area contributed by atoms with E-state index in [9.17, 15) is 9.90 Å². The molecule has 1 aliphatic rings. The summed E-state index contributed by atoms with van der Waals surface area (Å²) in [5, 5.41) is 10.9. The lowest BCUT2D eigenvalue weighted by molar-refractivity contribution is -0.147. The number of carbonyl (C=O) groups is 1. The lowest BCUT2D eigenvalue weighted by atomic mass is 9.62. The van der Waals surface area contributed by atoms with Gasteiger partial charge in [0.15, 0.2) is 0 Å².